The van der Waals surface area contributed by atoms with E-state index < -0.39 is 0 Å². The van der Waals surface area contributed by atoms with Crippen molar-refractivity contribution in [3.8, 4) is 5.75 Å². The molecule has 0 saturated heterocycles. The minimum absolute atomic E-state index is 0.500. The molecule has 0 radical (unpaired) electrons. The molecule has 0 fully saturated rings. The Kier molecular flexibility index (Phi) is 3.64. The maximum Gasteiger partial charge on any atom is 0.195 e. The van der Waals surface area contributed by atoms with Crippen LogP contribution in [-0.4, -0.2) is 18.6 Å². The van der Waals surface area contributed by atoms with Gasteiger partial charge in [0.2, 0.25) is 0 Å². The molecule has 4 heteroatoms. The second-order valence-electron chi connectivity index (χ2n) is 4.32. The first-order valence-electron chi connectivity index (χ1n) is 5.86. The normalized spacial score (nSPS) is 12.9. The Labute approximate surface area is 101 Å². The van der Waals surface area contributed by atoms with Crippen molar-refractivity contribution >= 4 is 11.1 Å². The van der Waals surface area contributed by atoms with Gasteiger partial charge in [-0.25, -0.2) is 4.98 Å². The number of fused-ring (bicyclic) bond motifs is 1. The second-order valence-corrected chi connectivity index (χ2v) is 4.32. The van der Waals surface area contributed by atoms with Gasteiger partial charge in [-0.3, -0.25) is 0 Å². The van der Waals surface area contributed by atoms with E-state index in [0.29, 0.717) is 12.5 Å². The Balaban J connectivity index is 2.14. The third kappa shape index (κ3) is 2.77. The van der Waals surface area contributed by atoms with Crippen LogP contribution in [0.15, 0.2) is 22.6 Å². The van der Waals surface area contributed by atoms with Gasteiger partial charge in [0.25, 0.3) is 0 Å². The largest absolute Gasteiger partial charge is 0.497 e. The standard InChI is InChI=1S/C13H18N2O2/c1-9(8-14)3-6-13-15-11-5-4-10(16-2)7-12(11)17-13/h4-5,7,9H,3,6,8,14H2,1-2H3. The monoisotopic (exact) mass is 234 g/mol. The molecule has 17 heavy (non-hydrogen) atoms. The van der Waals surface area contributed by atoms with Crippen molar-refractivity contribution in [2.75, 3.05) is 13.7 Å². The van der Waals surface area contributed by atoms with Gasteiger partial charge in [0.1, 0.15) is 11.3 Å². The van der Waals surface area contributed by atoms with Crippen LogP contribution >= 0.6 is 0 Å². The summed E-state index contributed by atoms with van der Waals surface area (Å²) in [6.45, 7) is 2.83. The molecule has 1 heterocycles. The molecule has 0 aliphatic carbocycles. The van der Waals surface area contributed by atoms with E-state index in [1.165, 1.54) is 0 Å². The van der Waals surface area contributed by atoms with E-state index in [-0.39, 0.29) is 0 Å². The van der Waals surface area contributed by atoms with Gasteiger partial charge < -0.3 is 14.9 Å². The summed E-state index contributed by atoms with van der Waals surface area (Å²) in [7, 11) is 1.64. The first-order chi connectivity index (χ1) is 8.22. The van der Waals surface area contributed by atoms with Gasteiger partial charge in [-0.2, -0.15) is 0 Å². The van der Waals surface area contributed by atoms with Gasteiger partial charge in [-0.1, -0.05) is 6.92 Å². The van der Waals surface area contributed by atoms with Crippen molar-refractivity contribution in [3.05, 3.63) is 24.1 Å². The highest BCUT2D eigenvalue weighted by Crippen LogP contribution is 2.22. The Morgan fingerprint density at radius 2 is 2.29 bits per heavy atom. The van der Waals surface area contributed by atoms with E-state index in [2.05, 4.69) is 11.9 Å². The van der Waals surface area contributed by atoms with Crippen LogP contribution < -0.4 is 10.5 Å². The minimum atomic E-state index is 0.500. The predicted molar refractivity (Wildman–Crippen MR) is 67.1 cm³/mol. The molecule has 1 atom stereocenters. The number of oxazole rings is 1. The van der Waals surface area contributed by atoms with Gasteiger partial charge >= 0.3 is 0 Å². The smallest absolute Gasteiger partial charge is 0.195 e. The fourth-order valence-corrected chi connectivity index (χ4v) is 1.67. The van der Waals surface area contributed by atoms with Crippen molar-refractivity contribution in [1.29, 1.82) is 0 Å². The molecule has 1 aromatic carbocycles. The number of hydrogen-bond donors (Lipinski definition) is 1. The first-order valence-corrected chi connectivity index (χ1v) is 5.86. The van der Waals surface area contributed by atoms with E-state index in [1.807, 2.05) is 18.2 Å². The van der Waals surface area contributed by atoms with Gasteiger partial charge in [0, 0.05) is 12.5 Å². The maximum absolute atomic E-state index is 5.67. The van der Waals surface area contributed by atoms with Crippen LogP contribution in [0.5, 0.6) is 5.75 Å². The Hall–Kier alpha value is -1.55. The second kappa shape index (κ2) is 5.19. The van der Waals surface area contributed by atoms with E-state index in [9.17, 15) is 0 Å². The molecule has 92 valence electrons. The molecule has 0 amide bonds. The van der Waals surface area contributed by atoms with Crippen LogP contribution in [0, 0.1) is 5.92 Å². The zero-order valence-corrected chi connectivity index (χ0v) is 10.3. The fourth-order valence-electron chi connectivity index (χ4n) is 1.67. The number of methoxy groups -OCH3 is 1. The molecule has 0 aliphatic heterocycles. The van der Waals surface area contributed by atoms with E-state index >= 15 is 0 Å². The summed E-state index contributed by atoms with van der Waals surface area (Å²) >= 11 is 0. The summed E-state index contributed by atoms with van der Waals surface area (Å²) < 4.78 is 10.8. The molecule has 0 saturated carbocycles. The number of nitrogens with zero attached hydrogens (tertiary/aromatic N) is 1. The lowest BCUT2D eigenvalue weighted by molar-refractivity contribution is 0.414. The van der Waals surface area contributed by atoms with Crippen LogP contribution in [0.1, 0.15) is 19.2 Å². The van der Waals surface area contributed by atoms with Crippen molar-refractivity contribution in [1.82, 2.24) is 4.98 Å². The number of hydrogen-bond acceptors (Lipinski definition) is 4. The average molecular weight is 234 g/mol. The number of benzene rings is 1. The summed E-state index contributed by atoms with van der Waals surface area (Å²) in [5.41, 5.74) is 7.24. The Morgan fingerprint density at radius 3 is 3.00 bits per heavy atom. The predicted octanol–water partition coefficient (Wildman–Crippen LogP) is 2.36. The molecule has 2 N–H and O–H groups in total. The van der Waals surface area contributed by atoms with Gasteiger partial charge in [0.05, 0.1) is 7.11 Å². The average Bonchev–Trinajstić information content (AvgIpc) is 2.77. The number of nitrogens with two attached hydrogens (primary N) is 1. The molecule has 0 aliphatic rings. The van der Waals surface area contributed by atoms with Crippen molar-refractivity contribution in [3.63, 3.8) is 0 Å². The van der Waals surface area contributed by atoms with E-state index in [0.717, 1.165) is 35.6 Å². The number of aryl methyl sites for hydroxylation is 1. The van der Waals surface area contributed by atoms with Crippen LogP contribution in [-0.2, 0) is 6.42 Å². The van der Waals surface area contributed by atoms with E-state index in [1.54, 1.807) is 7.11 Å². The van der Waals surface area contributed by atoms with Crippen molar-refractivity contribution in [2.24, 2.45) is 11.7 Å². The minimum Gasteiger partial charge on any atom is -0.497 e. The maximum atomic E-state index is 5.67. The summed E-state index contributed by atoms with van der Waals surface area (Å²) in [4.78, 5) is 4.43. The van der Waals surface area contributed by atoms with Crippen molar-refractivity contribution in [2.45, 2.75) is 19.8 Å². The van der Waals surface area contributed by atoms with Crippen LogP contribution in [0.2, 0.25) is 0 Å². The molecule has 1 aromatic heterocycles. The number of rotatable bonds is 5. The quantitative estimate of drug-likeness (QED) is 0.862. The zero-order chi connectivity index (χ0) is 12.3. The first kappa shape index (κ1) is 11.9. The molecule has 2 aromatic rings. The summed E-state index contributed by atoms with van der Waals surface area (Å²) in [5, 5.41) is 0. The summed E-state index contributed by atoms with van der Waals surface area (Å²) in [5.74, 6) is 2.06. The fraction of sp³-hybridized carbons (Fsp3) is 0.462. The lowest BCUT2D eigenvalue weighted by Gasteiger charge is -2.04. The van der Waals surface area contributed by atoms with Gasteiger partial charge in [-0.15, -0.1) is 0 Å². The van der Waals surface area contributed by atoms with Crippen LogP contribution in [0.25, 0.3) is 11.1 Å². The number of aromatic nitrogens is 1. The third-order valence-corrected chi connectivity index (χ3v) is 2.89. The molecular weight excluding hydrogens is 216 g/mol. The molecule has 0 bridgehead atoms. The SMILES string of the molecule is COc1ccc2nc(CCC(C)CN)oc2c1. The number of ether oxygens (including phenoxy) is 1. The highest BCUT2D eigenvalue weighted by molar-refractivity contribution is 5.74. The van der Waals surface area contributed by atoms with Crippen molar-refractivity contribution < 1.29 is 9.15 Å². The van der Waals surface area contributed by atoms with Crippen LogP contribution in [0.3, 0.4) is 0 Å². The highest BCUT2D eigenvalue weighted by atomic mass is 16.5. The lowest BCUT2D eigenvalue weighted by atomic mass is 10.1. The van der Waals surface area contributed by atoms with Gasteiger partial charge in [-0.05, 0) is 31.0 Å². The summed E-state index contributed by atoms with van der Waals surface area (Å²) in [6, 6.07) is 5.66. The molecular formula is C13H18N2O2. The van der Waals surface area contributed by atoms with E-state index in [4.69, 9.17) is 14.9 Å². The lowest BCUT2D eigenvalue weighted by Crippen LogP contribution is -2.11. The Bertz CT molecular complexity index is 493. The summed E-state index contributed by atoms with van der Waals surface area (Å²) in [6.07, 6.45) is 1.83. The highest BCUT2D eigenvalue weighted by Gasteiger charge is 2.08. The van der Waals surface area contributed by atoms with Gasteiger partial charge in [0.15, 0.2) is 11.5 Å². The van der Waals surface area contributed by atoms with Crippen LogP contribution in [0.4, 0.5) is 0 Å². The third-order valence-electron chi connectivity index (χ3n) is 2.89. The molecule has 0 spiro atoms. The molecule has 2 rings (SSSR count). The molecule has 1 unspecified atom stereocenters. The molecule has 4 nitrogen and oxygen atoms in total. The topological polar surface area (TPSA) is 61.3 Å². The zero-order valence-electron chi connectivity index (χ0n) is 10.3. The Morgan fingerprint density at radius 1 is 1.47 bits per heavy atom.